The molecule has 0 aliphatic carbocycles. The summed E-state index contributed by atoms with van der Waals surface area (Å²) >= 11 is 3.31. The molecule has 1 aromatic rings. The van der Waals surface area contributed by atoms with Gasteiger partial charge in [-0.2, -0.15) is 0 Å². The van der Waals surface area contributed by atoms with Gasteiger partial charge in [-0.25, -0.2) is 0 Å². The highest BCUT2D eigenvalue weighted by Crippen LogP contribution is 2.13. The first-order valence-corrected chi connectivity index (χ1v) is 4.44. The number of halogens is 1. The molecule has 0 spiro atoms. The van der Waals surface area contributed by atoms with Crippen molar-refractivity contribution in [1.82, 2.24) is 0 Å². The zero-order valence-corrected chi connectivity index (χ0v) is 8.34. The molecule has 0 saturated carbocycles. The van der Waals surface area contributed by atoms with Gasteiger partial charge in [0.25, 0.3) is 0 Å². The van der Waals surface area contributed by atoms with Crippen molar-refractivity contribution < 1.29 is 9.90 Å². The van der Waals surface area contributed by atoms with E-state index in [1.54, 1.807) is 0 Å². The zero-order valence-electron chi connectivity index (χ0n) is 6.75. The number of benzene rings is 1. The lowest BCUT2D eigenvalue weighted by Crippen LogP contribution is -1.90. The first-order valence-electron chi connectivity index (χ1n) is 3.65. The van der Waals surface area contributed by atoms with Gasteiger partial charge in [-0.05, 0) is 28.1 Å². The van der Waals surface area contributed by atoms with E-state index in [0.29, 0.717) is 0 Å². The molecule has 66 valence electrons. The monoisotopic (exact) mass is 238 g/mol. The van der Waals surface area contributed by atoms with Crippen LogP contribution in [0.15, 0.2) is 28.7 Å². The summed E-state index contributed by atoms with van der Waals surface area (Å²) in [6.45, 7) is 0. The van der Waals surface area contributed by atoms with Crippen molar-refractivity contribution >= 4 is 21.9 Å². The van der Waals surface area contributed by atoms with Crippen molar-refractivity contribution in [3.05, 3.63) is 34.3 Å². The van der Waals surface area contributed by atoms with Crippen LogP contribution in [-0.2, 0) is 4.79 Å². The number of hydrogen-bond acceptors (Lipinski definition) is 1. The van der Waals surface area contributed by atoms with Gasteiger partial charge in [-0.15, -0.1) is 0 Å². The van der Waals surface area contributed by atoms with Gasteiger partial charge < -0.3 is 5.11 Å². The van der Waals surface area contributed by atoms with Crippen molar-refractivity contribution in [2.45, 2.75) is 6.42 Å². The maximum absolute atomic E-state index is 10.2. The number of carbonyl (C=O) groups is 1. The summed E-state index contributed by atoms with van der Waals surface area (Å²) in [6, 6.07) is 7.44. The van der Waals surface area contributed by atoms with Crippen LogP contribution < -0.4 is 0 Å². The quantitative estimate of drug-likeness (QED) is 0.763. The van der Waals surface area contributed by atoms with Gasteiger partial charge in [0, 0.05) is 10.0 Å². The second-order valence-corrected chi connectivity index (χ2v) is 3.21. The predicted octanol–water partition coefficient (Wildman–Crippen LogP) is 2.28. The molecule has 0 aromatic heterocycles. The van der Waals surface area contributed by atoms with Crippen molar-refractivity contribution in [3.63, 3.8) is 0 Å². The summed E-state index contributed by atoms with van der Waals surface area (Å²) in [4.78, 5) is 10.2. The molecule has 1 aromatic carbocycles. The summed E-state index contributed by atoms with van der Waals surface area (Å²) in [5.74, 6) is 4.43. The molecular weight excluding hydrogens is 232 g/mol. The average Bonchev–Trinajstić information content (AvgIpc) is 2.08. The molecule has 0 saturated heterocycles. The van der Waals surface area contributed by atoms with E-state index in [4.69, 9.17) is 5.11 Å². The topological polar surface area (TPSA) is 37.3 Å². The smallest absolute Gasteiger partial charge is 0.315 e. The predicted molar refractivity (Wildman–Crippen MR) is 53.3 cm³/mol. The minimum absolute atomic E-state index is 0.124. The summed E-state index contributed by atoms with van der Waals surface area (Å²) in [5.41, 5.74) is 0.809. The van der Waals surface area contributed by atoms with Crippen LogP contribution >= 0.6 is 15.9 Å². The van der Waals surface area contributed by atoms with E-state index in [1.807, 2.05) is 24.3 Å². The fourth-order valence-electron chi connectivity index (χ4n) is 0.778. The van der Waals surface area contributed by atoms with Gasteiger partial charge in [-0.1, -0.05) is 24.0 Å². The van der Waals surface area contributed by atoms with E-state index in [2.05, 4.69) is 27.8 Å². The van der Waals surface area contributed by atoms with E-state index in [9.17, 15) is 4.79 Å². The third-order valence-corrected chi connectivity index (χ3v) is 2.03. The Labute approximate surface area is 84.7 Å². The van der Waals surface area contributed by atoms with E-state index in [0.717, 1.165) is 10.0 Å². The van der Waals surface area contributed by atoms with E-state index in [-0.39, 0.29) is 6.42 Å². The fourth-order valence-corrected chi connectivity index (χ4v) is 1.16. The Kier molecular flexibility index (Phi) is 3.53. The maximum atomic E-state index is 10.2. The highest BCUT2D eigenvalue weighted by molar-refractivity contribution is 9.10. The zero-order chi connectivity index (χ0) is 9.68. The molecule has 0 bridgehead atoms. The Bertz CT molecular complexity index is 374. The molecule has 0 unspecified atom stereocenters. The van der Waals surface area contributed by atoms with Gasteiger partial charge >= 0.3 is 5.97 Å². The highest BCUT2D eigenvalue weighted by Gasteiger charge is 1.93. The number of hydrogen-bond donors (Lipinski definition) is 1. The van der Waals surface area contributed by atoms with Gasteiger partial charge in [0.2, 0.25) is 0 Å². The lowest BCUT2D eigenvalue weighted by atomic mass is 10.2. The molecule has 0 radical (unpaired) electrons. The largest absolute Gasteiger partial charge is 0.481 e. The molecule has 0 aliphatic rings. The van der Waals surface area contributed by atoms with Gasteiger partial charge in [0.1, 0.15) is 6.42 Å². The van der Waals surface area contributed by atoms with Crippen LogP contribution in [0, 0.1) is 11.8 Å². The summed E-state index contributed by atoms with van der Waals surface area (Å²) in [6.07, 6.45) is -0.124. The number of carboxylic acids is 1. The maximum Gasteiger partial charge on any atom is 0.315 e. The molecule has 0 amide bonds. The summed E-state index contributed by atoms with van der Waals surface area (Å²) in [5, 5.41) is 8.35. The number of rotatable bonds is 1. The van der Waals surface area contributed by atoms with Gasteiger partial charge in [0.15, 0.2) is 0 Å². The van der Waals surface area contributed by atoms with Crippen molar-refractivity contribution in [2.24, 2.45) is 0 Å². The Hall–Kier alpha value is -1.27. The molecule has 0 fully saturated rings. The summed E-state index contributed by atoms with van der Waals surface area (Å²) in [7, 11) is 0. The van der Waals surface area contributed by atoms with Crippen LogP contribution in [0.25, 0.3) is 0 Å². The Morgan fingerprint density at radius 3 is 2.77 bits per heavy atom. The SMILES string of the molecule is O=C(O)CC#Cc1ccccc1Br. The number of carboxylic acid groups (broad SMARTS) is 1. The Morgan fingerprint density at radius 1 is 1.46 bits per heavy atom. The molecule has 0 aliphatic heterocycles. The third kappa shape index (κ3) is 3.30. The molecule has 13 heavy (non-hydrogen) atoms. The van der Waals surface area contributed by atoms with E-state index >= 15 is 0 Å². The van der Waals surface area contributed by atoms with Gasteiger partial charge in [0.05, 0.1) is 0 Å². The first-order chi connectivity index (χ1) is 6.20. The van der Waals surface area contributed by atoms with Crippen molar-refractivity contribution in [3.8, 4) is 11.8 Å². The minimum Gasteiger partial charge on any atom is -0.481 e. The van der Waals surface area contributed by atoms with Crippen molar-refractivity contribution in [2.75, 3.05) is 0 Å². The first kappa shape index (κ1) is 9.82. The molecule has 0 heterocycles. The summed E-state index contributed by atoms with van der Waals surface area (Å²) < 4.78 is 0.882. The van der Waals surface area contributed by atoms with Crippen LogP contribution in [0.5, 0.6) is 0 Å². The molecule has 1 N–H and O–H groups in total. The van der Waals surface area contributed by atoms with E-state index in [1.165, 1.54) is 0 Å². The number of aliphatic carboxylic acids is 1. The molecule has 2 nitrogen and oxygen atoms in total. The van der Waals surface area contributed by atoms with Crippen LogP contribution in [0.3, 0.4) is 0 Å². The van der Waals surface area contributed by atoms with Crippen LogP contribution in [-0.4, -0.2) is 11.1 Å². The van der Waals surface area contributed by atoms with Gasteiger partial charge in [-0.3, -0.25) is 4.79 Å². The molecule has 1 rings (SSSR count). The molecule has 3 heteroatoms. The van der Waals surface area contributed by atoms with Crippen LogP contribution in [0.4, 0.5) is 0 Å². The third-order valence-electron chi connectivity index (χ3n) is 1.34. The second-order valence-electron chi connectivity index (χ2n) is 2.35. The highest BCUT2D eigenvalue weighted by atomic mass is 79.9. The normalized spacial score (nSPS) is 8.69. The minimum atomic E-state index is -0.903. The van der Waals surface area contributed by atoms with Crippen LogP contribution in [0.2, 0.25) is 0 Å². The lowest BCUT2D eigenvalue weighted by molar-refractivity contribution is -0.135. The standard InChI is InChI=1S/C10H7BrO2/c11-9-6-2-1-4-8(9)5-3-7-10(12)13/h1-2,4,6H,7H2,(H,12,13). The second kappa shape index (κ2) is 4.68. The lowest BCUT2D eigenvalue weighted by Gasteiger charge is -1.92. The molecular formula is C10H7BrO2. The van der Waals surface area contributed by atoms with Crippen molar-refractivity contribution in [1.29, 1.82) is 0 Å². The fraction of sp³-hybridized carbons (Fsp3) is 0.100. The Balaban J connectivity index is 2.77. The molecule has 0 atom stereocenters. The van der Waals surface area contributed by atoms with E-state index < -0.39 is 5.97 Å². The van der Waals surface area contributed by atoms with Crippen LogP contribution in [0.1, 0.15) is 12.0 Å². The average molecular weight is 239 g/mol. The Morgan fingerprint density at radius 2 is 2.15 bits per heavy atom.